The maximum Gasteiger partial charge on any atom is 0.118 e. The molecule has 0 heterocycles. The number of oxime groups is 1. The second kappa shape index (κ2) is 6.16. The van der Waals surface area contributed by atoms with Gasteiger partial charge in [-0.3, -0.25) is 0 Å². The van der Waals surface area contributed by atoms with Crippen LogP contribution < -0.4 is 0 Å². The number of hydrogen-bond donors (Lipinski definition) is 1. The molecule has 0 aliphatic rings. The van der Waals surface area contributed by atoms with E-state index < -0.39 is 0 Å². The van der Waals surface area contributed by atoms with Crippen molar-refractivity contribution >= 4 is 5.71 Å². The summed E-state index contributed by atoms with van der Waals surface area (Å²) in [5.74, 6) is 0.316. The fraction of sp³-hybridized carbons (Fsp3) is 0.462. The van der Waals surface area contributed by atoms with Gasteiger partial charge in [0.15, 0.2) is 0 Å². The Hall–Kier alpha value is -1.51. The van der Waals surface area contributed by atoms with Gasteiger partial charge in [0.2, 0.25) is 0 Å². The average Bonchev–Trinajstić information content (AvgIpc) is 2.28. The largest absolute Gasteiger partial charge is 0.508 e. The smallest absolute Gasteiger partial charge is 0.118 e. The molecule has 0 aliphatic carbocycles. The second-order valence-corrected chi connectivity index (χ2v) is 3.83. The Morgan fingerprint density at radius 3 is 2.75 bits per heavy atom. The van der Waals surface area contributed by atoms with E-state index in [0.717, 1.165) is 36.1 Å². The van der Waals surface area contributed by atoms with Crippen molar-refractivity contribution in [2.75, 3.05) is 7.11 Å². The average molecular weight is 221 g/mol. The van der Waals surface area contributed by atoms with Crippen LogP contribution in [0.1, 0.15) is 37.3 Å². The summed E-state index contributed by atoms with van der Waals surface area (Å²) in [5, 5.41) is 13.5. The van der Waals surface area contributed by atoms with E-state index in [-0.39, 0.29) is 0 Å². The van der Waals surface area contributed by atoms with Crippen molar-refractivity contribution in [3.8, 4) is 5.75 Å². The number of phenolic OH excluding ortho intramolecular Hbond substituents is 1. The van der Waals surface area contributed by atoms with E-state index in [1.807, 2.05) is 19.1 Å². The topological polar surface area (TPSA) is 41.8 Å². The Balaban J connectivity index is 2.92. The van der Waals surface area contributed by atoms with Crippen LogP contribution in [0.2, 0.25) is 0 Å². The molecule has 0 aromatic heterocycles. The van der Waals surface area contributed by atoms with Crippen molar-refractivity contribution in [3.63, 3.8) is 0 Å². The predicted molar refractivity (Wildman–Crippen MR) is 65.9 cm³/mol. The van der Waals surface area contributed by atoms with Gasteiger partial charge in [0.25, 0.3) is 0 Å². The molecule has 16 heavy (non-hydrogen) atoms. The molecular formula is C13H19NO2. The highest BCUT2D eigenvalue weighted by Crippen LogP contribution is 2.19. The molecule has 0 unspecified atom stereocenters. The highest BCUT2D eigenvalue weighted by molar-refractivity contribution is 6.00. The van der Waals surface area contributed by atoms with Crippen LogP contribution in [0.3, 0.4) is 0 Å². The third-order valence-electron chi connectivity index (χ3n) is 2.50. The molecule has 0 atom stereocenters. The Bertz CT molecular complexity index is 372. The van der Waals surface area contributed by atoms with Crippen LogP contribution in [0.4, 0.5) is 0 Å². The molecule has 1 N–H and O–H groups in total. The van der Waals surface area contributed by atoms with Crippen molar-refractivity contribution in [2.45, 2.75) is 33.1 Å². The molecule has 0 saturated heterocycles. The van der Waals surface area contributed by atoms with Gasteiger partial charge in [-0.15, -0.1) is 0 Å². The van der Waals surface area contributed by atoms with Crippen molar-refractivity contribution in [2.24, 2.45) is 5.16 Å². The van der Waals surface area contributed by atoms with Gasteiger partial charge in [-0.1, -0.05) is 18.5 Å². The molecule has 88 valence electrons. The number of benzene rings is 1. The fourth-order valence-electron chi connectivity index (χ4n) is 1.53. The first-order chi connectivity index (χ1) is 7.69. The number of aromatic hydroxyl groups is 1. The summed E-state index contributed by atoms with van der Waals surface area (Å²) in [5.41, 5.74) is 2.82. The normalized spacial score (nSPS) is 11.6. The minimum Gasteiger partial charge on any atom is -0.508 e. The van der Waals surface area contributed by atoms with Crippen LogP contribution in [0.25, 0.3) is 0 Å². The van der Waals surface area contributed by atoms with E-state index in [0.29, 0.717) is 5.75 Å². The van der Waals surface area contributed by atoms with Gasteiger partial charge >= 0.3 is 0 Å². The number of hydrogen-bond acceptors (Lipinski definition) is 3. The van der Waals surface area contributed by atoms with Crippen molar-refractivity contribution < 1.29 is 9.94 Å². The van der Waals surface area contributed by atoms with Crippen molar-refractivity contribution in [1.82, 2.24) is 0 Å². The van der Waals surface area contributed by atoms with Gasteiger partial charge in [-0.2, -0.15) is 0 Å². The highest BCUT2D eigenvalue weighted by Gasteiger charge is 2.06. The summed E-state index contributed by atoms with van der Waals surface area (Å²) in [6.07, 6.45) is 3.11. The van der Waals surface area contributed by atoms with Gasteiger partial charge in [0.1, 0.15) is 12.9 Å². The van der Waals surface area contributed by atoms with Gasteiger partial charge in [-0.25, -0.2) is 0 Å². The molecule has 0 fully saturated rings. The van der Waals surface area contributed by atoms with E-state index >= 15 is 0 Å². The van der Waals surface area contributed by atoms with Crippen LogP contribution in [0, 0.1) is 6.92 Å². The van der Waals surface area contributed by atoms with Crippen LogP contribution in [-0.2, 0) is 4.84 Å². The van der Waals surface area contributed by atoms with Gasteiger partial charge in [0.05, 0.1) is 5.71 Å². The zero-order chi connectivity index (χ0) is 12.0. The third-order valence-corrected chi connectivity index (χ3v) is 2.50. The molecule has 0 amide bonds. The van der Waals surface area contributed by atoms with E-state index in [1.54, 1.807) is 13.2 Å². The first-order valence-electron chi connectivity index (χ1n) is 5.59. The molecule has 1 aromatic rings. The quantitative estimate of drug-likeness (QED) is 0.612. The maximum absolute atomic E-state index is 9.46. The Morgan fingerprint density at radius 2 is 2.19 bits per heavy atom. The number of unbranched alkanes of at least 4 members (excludes halogenated alkanes) is 1. The fourth-order valence-corrected chi connectivity index (χ4v) is 1.53. The first-order valence-corrected chi connectivity index (χ1v) is 5.59. The van der Waals surface area contributed by atoms with Crippen LogP contribution >= 0.6 is 0 Å². The molecule has 0 saturated carbocycles. The lowest BCUT2D eigenvalue weighted by atomic mass is 10.0. The zero-order valence-corrected chi connectivity index (χ0v) is 10.2. The molecule has 3 heteroatoms. The zero-order valence-electron chi connectivity index (χ0n) is 10.2. The van der Waals surface area contributed by atoms with Gasteiger partial charge in [0, 0.05) is 0 Å². The molecule has 1 aromatic carbocycles. The van der Waals surface area contributed by atoms with Crippen molar-refractivity contribution in [3.05, 3.63) is 29.3 Å². The summed E-state index contributed by atoms with van der Waals surface area (Å²) in [6, 6.07) is 5.50. The number of aryl methyl sites for hydroxylation is 1. The maximum atomic E-state index is 9.46. The van der Waals surface area contributed by atoms with E-state index in [9.17, 15) is 5.11 Å². The van der Waals surface area contributed by atoms with E-state index in [4.69, 9.17) is 4.84 Å². The molecule has 0 aliphatic heterocycles. The van der Waals surface area contributed by atoms with Crippen LogP contribution in [-0.4, -0.2) is 17.9 Å². The number of nitrogens with zero attached hydrogens (tertiary/aromatic N) is 1. The minimum atomic E-state index is 0.316. The van der Waals surface area contributed by atoms with E-state index in [2.05, 4.69) is 12.1 Å². The summed E-state index contributed by atoms with van der Waals surface area (Å²) in [7, 11) is 1.55. The van der Waals surface area contributed by atoms with Gasteiger partial charge in [-0.05, 0) is 49.1 Å². The second-order valence-electron chi connectivity index (χ2n) is 3.83. The minimum absolute atomic E-state index is 0.316. The number of phenols is 1. The monoisotopic (exact) mass is 221 g/mol. The molecule has 0 bridgehead atoms. The van der Waals surface area contributed by atoms with Crippen LogP contribution in [0.5, 0.6) is 5.75 Å². The lowest BCUT2D eigenvalue weighted by molar-refractivity contribution is 0.212. The Morgan fingerprint density at radius 1 is 1.44 bits per heavy atom. The highest BCUT2D eigenvalue weighted by atomic mass is 16.6. The number of rotatable bonds is 5. The third kappa shape index (κ3) is 3.26. The summed E-state index contributed by atoms with van der Waals surface area (Å²) >= 11 is 0. The SMILES string of the molecule is CCCC/C(=N/OC)c1ccc(O)c(C)c1. The standard InChI is InChI=1S/C13H19NO2/c1-4-5-6-12(14-16-3)11-7-8-13(15)10(2)9-11/h7-9,15H,4-6H2,1-3H3/b14-12-. The van der Waals surface area contributed by atoms with Crippen molar-refractivity contribution in [1.29, 1.82) is 0 Å². The summed E-state index contributed by atoms with van der Waals surface area (Å²) < 4.78 is 0. The molecule has 3 nitrogen and oxygen atoms in total. The van der Waals surface area contributed by atoms with Gasteiger partial charge < -0.3 is 9.94 Å². The van der Waals surface area contributed by atoms with Crippen LogP contribution in [0.15, 0.2) is 23.4 Å². The Kier molecular flexibility index (Phi) is 4.83. The predicted octanol–water partition coefficient (Wildman–Crippen LogP) is 3.24. The molecule has 1 rings (SSSR count). The lowest BCUT2D eigenvalue weighted by Crippen LogP contribution is -2.02. The summed E-state index contributed by atoms with van der Waals surface area (Å²) in [4.78, 5) is 4.85. The first kappa shape index (κ1) is 12.6. The van der Waals surface area contributed by atoms with E-state index in [1.165, 1.54) is 0 Å². The Labute approximate surface area is 96.7 Å². The summed E-state index contributed by atoms with van der Waals surface area (Å²) in [6.45, 7) is 4.02. The molecular weight excluding hydrogens is 202 g/mol. The lowest BCUT2D eigenvalue weighted by Gasteiger charge is -2.07. The molecule has 0 radical (unpaired) electrons. The molecule has 0 spiro atoms.